The van der Waals surface area contributed by atoms with E-state index in [2.05, 4.69) is 31.1 Å². The number of nitrogens with one attached hydrogen (secondary N) is 2. The molecule has 0 saturated heterocycles. The number of amides is 2. The molecule has 0 aromatic rings. The molecule has 0 aliphatic heterocycles. The second-order valence-corrected chi connectivity index (χ2v) is 7.15. The summed E-state index contributed by atoms with van der Waals surface area (Å²) < 4.78 is 0. The molecule has 2 fully saturated rings. The summed E-state index contributed by atoms with van der Waals surface area (Å²) in [5.74, 6) is 1.43. The van der Waals surface area contributed by atoms with E-state index >= 15 is 0 Å². The third kappa shape index (κ3) is 4.87. The van der Waals surface area contributed by atoms with Gasteiger partial charge in [0.2, 0.25) is 11.8 Å². The quantitative estimate of drug-likeness (QED) is 0.675. The van der Waals surface area contributed by atoms with Gasteiger partial charge >= 0.3 is 0 Å². The average Bonchev–Trinajstić information content (AvgIpc) is 3.27. The minimum absolute atomic E-state index is 0.0258. The van der Waals surface area contributed by atoms with E-state index in [9.17, 15) is 9.59 Å². The average molecular weight is 292 g/mol. The molecule has 0 spiro atoms. The Morgan fingerprint density at radius 3 is 2.00 bits per heavy atom. The predicted octanol–water partition coefficient (Wildman–Crippen LogP) is 2.40. The molecule has 0 bridgehead atoms. The number of carbonyl (C=O) groups is 2. The van der Waals surface area contributed by atoms with Crippen LogP contribution in [0.3, 0.4) is 0 Å². The number of hydrogen-bond acceptors (Lipinski definition) is 2. The van der Waals surface area contributed by atoms with Crippen molar-refractivity contribution in [3.63, 3.8) is 0 Å². The smallest absolute Gasteiger partial charge is 0.246 e. The summed E-state index contributed by atoms with van der Waals surface area (Å²) in [4.78, 5) is 24.4. The van der Waals surface area contributed by atoms with Crippen LogP contribution in [0.2, 0.25) is 0 Å². The maximum atomic E-state index is 12.6. The zero-order chi connectivity index (χ0) is 15.6. The zero-order valence-corrected chi connectivity index (χ0v) is 13.4. The first-order valence-corrected chi connectivity index (χ1v) is 8.15. The fourth-order valence-electron chi connectivity index (χ4n) is 2.78. The predicted molar refractivity (Wildman–Crippen MR) is 83.6 cm³/mol. The Morgan fingerprint density at radius 2 is 1.62 bits per heavy atom. The minimum atomic E-state index is -0.450. The molecule has 0 heterocycles. The highest BCUT2D eigenvalue weighted by Gasteiger charge is 2.42. The van der Waals surface area contributed by atoms with Gasteiger partial charge in [0.05, 0.1) is 0 Å². The minimum Gasteiger partial charge on any atom is -0.351 e. The van der Waals surface area contributed by atoms with Gasteiger partial charge in [0, 0.05) is 11.6 Å². The highest BCUT2D eigenvalue weighted by atomic mass is 16.2. The van der Waals surface area contributed by atoms with Gasteiger partial charge in [0.15, 0.2) is 0 Å². The summed E-state index contributed by atoms with van der Waals surface area (Å²) in [5.41, 5.74) is 0.442. The summed E-state index contributed by atoms with van der Waals surface area (Å²) in [6, 6.07) is -0.122. The van der Waals surface area contributed by atoms with Crippen molar-refractivity contribution in [2.24, 2.45) is 17.8 Å². The molecule has 2 N–H and O–H groups in total. The van der Waals surface area contributed by atoms with Gasteiger partial charge in [-0.2, -0.15) is 0 Å². The van der Waals surface area contributed by atoms with Crippen molar-refractivity contribution in [1.29, 1.82) is 0 Å². The lowest BCUT2D eigenvalue weighted by molar-refractivity contribution is -0.128. The molecule has 1 atom stereocenters. The lowest BCUT2D eigenvalue weighted by Gasteiger charge is -2.24. The monoisotopic (exact) mass is 292 g/mol. The van der Waals surface area contributed by atoms with E-state index in [1.165, 1.54) is 25.7 Å². The van der Waals surface area contributed by atoms with Gasteiger partial charge < -0.3 is 10.6 Å². The van der Waals surface area contributed by atoms with Crippen molar-refractivity contribution in [1.82, 2.24) is 10.6 Å². The molecule has 0 aromatic heterocycles. The third-order valence-electron chi connectivity index (χ3n) is 4.29. The largest absolute Gasteiger partial charge is 0.351 e. The SMILES string of the molecule is C=C(C)C(=O)N[C@@H](CC(C)C)C(=O)NC(C1CC1)C1CC1. The molecule has 118 valence electrons. The van der Waals surface area contributed by atoms with E-state index in [-0.39, 0.29) is 11.8 Å². The van der Waals surface area contributed by atoms with Crippen LogP contribution in [0, 0.1) is 17.8 Å². The van der Waals surface area contributed by atoms with Crippen molar-refractivity contribution >= 4 is 11.8 Å². The molecule has 4 nitrogen and oxygen atoms in total. The summed E-state index contributed by atoms with van der Waals surface area (Å²) in [7, 11) is 0. The second-order valence-electron chi connectivity index (χ2n) is 7.15. The summed E-state index contributed by atoms with van der Waals surface area (Å²) in [6.07, 6.45) is 5.58. The summed E-state index contributed by atoms with van der Waals surface area (Å²) in [6.45, 7) is 9.43. The molecule has 2 aliphatic rings. The zero-order valence-electron chi connectivity index (χ0n) is 13.4. The molecule has 2 rings (SSSR count). The first kappa shape index (κ1) is 16.1. The Bertz CT molecular complexity index is 411. The Balaban J connectivity index is 1.95. The van der Waals surface area contributed by atoms with Gasteiger partial charge in [0.25, 0.3) is 0 Å². The molecule has 2 amide bonds. The summed E-state index contributed by atoms with van der Waals surface area (Å²) in [5, 5.41) is 6.03. The van der Waals surface area contributed by atoms with Gasteiger partial charge in [-0.25, -0.2) is 0 Å². The van der Waals surface area contributed by atoms with Crippen LogP contribution in [0.1, 0.15) is 52.9 Å². The van der Waals surface area contributed by atoms with Crippen molar-refractivity contribution in [3.05, 3.63) is 12.2 Å². The summed E-state index contributed by atoms with van der Waals surface area (Å²) >= 11 is 0. The van der Waals surface area contributed by atoms with Crippen molar-refractivity contribution in [2.75, 3.05) is 0 Å². The van der Waals surface area contributed by atoms with E-state index in [1.807, 2.05) is 0 Å². The maximum Gasteiger partial charge on any atom is 0.246 e. The fraction of sp³-hybridized carbons (Fsp3) is 0.765. The van der Waals surface area contributed by atoms with E-state index in [0.717, 1.165) is 0 Å². The third-order valence-corrected chi connectivity index (χ3v) is 4.29. The highest BCUT2D eigenvalue weighted by Crippen LogP contribution is 2.44. The van der Waals surface area contributed by atoms with Crippen LogP contribution < -0.4 is 10.6 Å². The van der Waals surface area contributed by atoms with Gasteiger partial charge in [-0.15, -0.1) is 0 Å². The molecule has 21 heavy (non-hydrogen) atoms. The molecular formula is C17H28N2O2. The topological polar surface area (TPSA) is 58.2 Å². The van der Waals surface area contributed by atoms with Gasteiger partial charge in [-0.1, -0.05) is 20.4 Å². The van der Waals surface area contributed by atoms with Crippen LogP contribution in [0.5, 0.6) is 0 Å². The van der Waals surface area contributed by atoms with Crippen LogP contribution >= 0.6 is 0 Å². The van der Waals surface area contributed by atoms with E-state index in [1.54, 1.807) is 6.92 Å². The Hall–Kier alpha value is -1.32. The van der Waals surface area contributed by atoms with Crippen LogP contribution in [0.4, 0.5) is 0 Å². The van der Waals surface area contributed by atoms with Gasteiger partial charge in [-0.05, 0) is 56.8 Å². The van der Waals surface area contributed by atoms with Crippen molar-refractivity contribution in [2.45, 2.75) is 65.0 Å². The van der Waals surface area contributed by atoms with E-state index < -0.39 is 6.04 Å². The fourth-order valence-corrected chi connectivity index (χ4v) is 2.78. The first-order chi connectivity index (χ1) is 9.88. The normalized spacial score (nSPS) is 19.5. The number of carbonyl (C=O) groups excluding carboxylic acids is 2. The van der Waals surface area contributed by atoms with Crippen LogP contribution in [0.15, 0.2) is 12.2 Å². The molecular weight excluding hydrogens is 264 g/mol. The van der Waals surface area contributed by atoms with Crippen LogP contribution in [-0.4, -0.2) is 23.9 Å². The number of rotatable bonds is 8. The Morgan fingerprint density at radius 1 is 1.10 bits per heavy atom. The van der Waals surface area contributed by atoms with Gasteiger partial charge in [0.1, 0.15) is 6.04 Å². The Labute approximate surface area is 127 Å². The lowest BCUT2D eigenvalue weighted by atomic mass is 10.0. The van der Waals surface area contributed by atoms with Gasteiger partial charge in [-0.3, -0.25) is 9.59 Å². The van der Waals surface area contributed by atoms with E-state index in [4.69, 9.17) is 0 Å². The van der Waals surface area contributed by atoms with Crippen LogP contribution in [-0.2, 0) is 9.59 Å². The van der Waals surface area contributed by atoms with Crippen molar-refractivity contribution < 1.29 is 9.59 Å². The van der Waals surface area contributed by atoms with Crippen LogP contribution in [0.25, 0.3) is 0 Å². The van der Waals surface area contributed by atoms with Crippen molar-refractivity contribution in [3.8, 4) is 0 Å². The maximum absolute atomic E-state index is 12.6. The lowest BCUT2D eigenvalue weighted by Crippen LogP contribution is -2.51. The second kappa shape index (κ2) is 6.63. The molecule has 2 aliphatic carbocycles. The number of hydrogen-bond donors (Lipinski definition) is 2. The molecule has 0 unspecified atom stereocenters. The van der Waals surface area contributed by atoms with E-state index in [0.29, 0.717) is 35.8 Å². The Kier molecular flexibility index (Phi) is 5.07. The standard InChI is InChI=1S/C17H28N2O2/c1-10(2)9-14(18-16(20)11(3)4)17(21)19-15(12-5-6-12)13-7-8-13/h10,12-15H,3,5-9H2,1-2,4H3,(H,18,20)(H,19,21)/t14-/m0/s1. The molecule has 0 radical (unpaired) electrons. The molecule has 2 saturated carbocycles. The highest BCUT2D eigenvalue weighted by molar-refractivity contribution is 5.96. The molecule has 0 aromatic carbocycles. The first-order valence-electron chi connectivity index (χ1n) is 8.15. The molecule has 4 heteroatoms.